The first-order chi connectivity index (χ1) is 16.8. The highest BCUT2D eigenvalue weighted by molar-refractivity contribution is 7.92. The Morgan fingerprint density at radius 1 is 0.943 bits per heavy atom. The Kier molecular flexibility index (Phi) is 5.94. The normalized spacial score (nSPS) is 16.5. The number of esters is 1. The van der Waals surface area contributed by atoms with Crippen molar-refractivity contribution >= 4 is 27.5 Å². The van der Waals surface area contributed by atoms with Crippen molar-refractivity contribution in [1.29, 1.82) is 0 Å². The van der Waals surface area contributed by atoms with Gasteiger partial charge >= 0.3 is 5.97 Å². The van der Waals surface area contributed by atoms with Crippen molar-refractivity contribution in [2.75, 3.05) is 24.1 Å². The third-order valence-electron chi connectivity index (χ3n) is 5.97. The zero-order chi connectivity index (χ0) is 24.6. The standard InChI is InChI=1S/C26H23NO7S/c1-17-13-18-5-2-3-8-22(18)27(17)35(30,31)21-7-4-6-20(14-21)26(29)34-16-23(28)19-9-10-24-25(15-19)33-12-11-32-24/h2-10,14-15,17H,11-13,16H2,1H3/t17-/m1/s1. The van der Waals surface area contributed by atoms with Gasteiger partial charge in [-0.05, 0) is 61.4 Å². The fourth-order valence-electron chi connectivity index (χ4n) is 4.32. The van der Waals surface area contributed by atoms with Gasteiger partial charge in [-0.1, -0.05) is 24.3 Å². The molecular formula is C26H23NO7S. The Morgan fingerprint density at radius 2 is 1.71 bits per heavy atom. The highest BCUT2D eigenvalue weighted by Crippen LogP contribution is 2.36. The van der Waals surface area contributed by atoms with Crippen LogP contribution in [0.4, 0.5) is 5.69 Å². The van der Waals surface area contributed by atoms with Crippen LogP contribution in [0.1, 0.15) is 33.2 Å². The number of anilines is 1. The average Bonchev–Trinajstić information content (AvgIpc) is 3.23. The van der Waals surface area contributed by atoms with E-state index in [9.17, 15) is 18.0 Å². The summed E-state index contributed by atoms with van der Waals surface area (Å²) in [7, 11) is -3.91. The molecule has 2 aliphatic heterocycles. The quantitative estimate of drug-likeness (QED) is 0.382. The first kappa shape index (κ1) is 22.9. The number of carbonyl (C=O) groups excluding carboxylic acids is 2. The number of hydrogen-bond donors (Lipinski definition) is 0. The summed E-state index contributed by atoms with van der Waals surface area (Å²) in [5.74, 6) is -0.189. The summed E-state index contributed by atoms with van der Waals surface area (Å²) in [5, 5.41) is 0. The van der Waals surface area contributed by atoms with E-state index in [2.05, 4.69) is 0 Å². The Labute approximate surface area is 203 Å². The van der Waals surface area contributed by atoms with Crippen molar-refractivity contribution in [2.24, 2.45) is 0 Å². The van der Waals surface area contributed by atoms with E-state index in [-0.39, 0.29) is 16.5 Å². The van der Waals surface area contributed by atoms with E-state index >= 15 is 0 Å². The maximum Gasteiger partial charge on any atom is 0.338 e. The molecule has 0 spiro atoms. The van der Waals surface area contributed by atoms with Crippen molar-refractivity contribution in [3.63, 3.8) is 0 Å². The molecule has 8 nitrogen and oxygen atoms in total. The van der Waals surface area contributed by atoms with Crippen LogP contribution in [-0.4, -0.2) is 46.0 Å². The molecule has 0 N–H and O–H groups in total. The molecule has 0 unspecified atom stereocenters. The van der Waals surface area contributed by atoms with Gasteiger partial charge in [0.1, 0.15) is 13.2 Å². The highest BCUT2D eigenvalue weighted by atomic mass is 32.2. The molecule has 9 heteroatoms. The second kappa shape index (κ2) is 9.07. The number of fused-ring (bicyclic) bond motifs is 2. The maximum atomic E-state index is 13.4. The molecule has 3 aromatic carbocycles. The van der Waals surface area contributed by atoms with E-state index in [1.165, 1.54) is 28.6 Å². The molecular weight excluding hydrogens is 470 g/mol. The number of para-hydroxylation sites is 1. The van der Waals surface area contributed by atoms with E-state index < -0.39 is 28.4 Å². The molecule has 0 radical (unpaired) electrons. The van der Waals surface area contributed by atoms with Gasteiger partial charge in [0.05, 0.1) is 16.1 Å². The zero-order valence-corrected chi connectivity index (χ0v) is 19.8. The molecule has 2 aliphatic rings. The van der Waals surface area contributed by atoms with Crippen LogP contribution in [0.15, 0.2) is 71.6 Å². The van der Waals surface area contributed by atoms with E-state index in [0.29, 0.717) is 42.4 Å². The molecule has 1 atom stereocenters. The smallest absolute Gasteiger partial charge is 0.338 e. The van der Waals surface area contributed by atoms with Gasteiger partial charge in [0.15, 0.2) is 23.9 Å². The minimum Gasteiger partial charge on any atom is -0.486 e. The maximum absolute atomic E-state index is 13.4. The summed E-state index contributed by atoms with van der Waals surface area (Å²) in [6.07, 6.45) is 0.610. The minimum absolute atomic E-state index is 0.0198. The van der Waals surface area contributed by atoms with Gasteiger partial charge in [0, 0.05) is 11.6 Å². The predicted molar refractivity (Wildman–Crippen MR) is 128 cm³/mol. The molecule has 0 saturated heterocycles. The number of ketones is 1. The fraction of sp³-hybridized carbons (Fsp3) is 0.231. The second-order valence-corrected chi connectivity index (χ2v) is 10.2. The van der Waals surface area contributed by atoms with Crippen LogP contribution in [0, 0.1) is 0 Å². The van der Waals surface area contributed by atoms with Gasteiger partial charge in [0.2, 0.25) is 0 Å². The number of carbonyl (C=O) groups is 2. The van der Waals surface area contributed by atoms with Crippen LogP contribution in [0.2, 0.25) is 0 Å². The fourth-order valence-corrected chi connectivity index (χ4v) is 6.05. The Hall–Kier alpha value is -3.85. The van der Waals surface area contributed by atoms with Crippen LogP contribution in [-0.2, 0) is 21.2 Å². The highest BCUT2D eigenvalue weighted by Gasteiger charge is 2.36. The Bertz CT molecular complexity index is 1420. The molecule has 0 amide bonds. The Balaban J connectivity index is 1.31. The van der Waals surface area contributed by atoms with E-state index in [1.807, 2.05) is 19.1 Å². The van der Waals surface area contributed by atoms with Gasteiger partial charge < -0.3 is 14.2 Å². The molecule has 0 aromatic heterocycles. The summed E-state index contributed by atoms with van der Waals surface area (Å²) >= 11 is 0. The zero-order valence-electron chi connectivity index (χ0n) is 19.0. The molecule has 180 valence electrons. The van der Waals surface area contributed by atoms with Crippen molar-refractivity contribution in [3.8, 4) is 11.5 Å². The monoisotopic (exact) mass is 493 g/mol. The van der Waals surface area contributed by atoms with Crippen molar-refractivity contribution in [1.82, 2.24) is 0 Å². The molecule has 0 saturated carbocycles. The van der Waals surface area contributed by atoms with Crippen molar-refractivity contribution in [3.05, 3.63) is 83.4 Å². The third-order valence-corrected chi connectivity index (χ3v) is 7.89. The molecule has 2 heterocycles. The topological polar surface area (TPSA) is 99.2 Å². The van der Waals surface area contributed by atoms with Crippen LogP contribution < -0.4 is 13.8 Å². The van der Waals surface area contributed by atoms with Crippen LogP contribution >= 0.6 is 0 Å². The summed E-state index contributed by atoms with van der Waals surface area (Å²) in [4.78, 5) is 25.2. The van der Waals surface area contributed by atoms with Gasteiger partial charge in [-0.25, -0.2) is 13.2 Å². The number of benzene rings is 3. The van der Waals surface area contributed by atoms with Gasteiger partial charge in [-0.3, -0.25) is 9.10 Å². The molecule has 0 bridgehead atoms. The number of sulfonamides is 1. The van der Waals surface area contributed by atoms with Crippen LogP contribution in [0.5, 0.6) is 11.5 Å². The molecule has 0 fully saturated rings. The minimum atomic E-state index is -3.91. The Morgan fingerprint density at radius 3 is 2.54 bits per heavy atom. The van der Waals surface area contributed by atoms with Crippen molar-refractivity contribution < 1.29 is 32.2 Å². The number of Topliss-reactive ketones (excluding diaryl/α,β-unsaturated/α-hetero) is 1. The lowest BCUT2D eigenvalue weighted by atomic mass is 10.1. The SMILES string of the molecule is C[C@@H]1Cc2ccccc2N1S(=O)(=O)c1cccc(C(=O)OCC(=O)c2ccc3c(c2)OCCO3)c1. The van der Waals surface area contributed by atoms with Gasteiger partial charge in [0.25, 0.3) is 10.0 Å². The molecule has 5 rings (SSSR count). The lowest BCUT2D eigenvalue weighted by molar-refractivity contribution is 0.0474. The van der Waals surface area contributed by atoms with Gasteiger partial charge in [-0.2, -0.15) is 0 Å². The summed E-state index contributed by atoms with van der Waals surface area (Å²) < 4.78 is 44.4. The number of rotatable bonds is 6. The van der Waals surface area contributed by atoms with E-state index in [1.54, 1.807) is 30.3 Å². The predicted octanol–water partition coefficient (Wildman–Crippen LogP) is 3.64. The van der Waals surface area contributed by atoms with Gasteiger partial charge in [-0.15, -0.1) is 0 Å². The first-order valence-electron chi connectivity index (χ1n) is 11.2. The average molecular weight is 494 g/mol. The number of ether oxygens (including phenoxy) is 3. The molecule has 3 aromatic rings. The molecule has 35 heavy (non-hydrogen) atoms. The first-order valence-corrected chi connectivity index (χ1v) is 12.6. The van der Waals surface area contributed by atoms with Crippen LogP contribution in [0.25, 0.3) is 0 Å². The summed E-state index contributed by atoms with van der Waals surface area (Å²) in [6, 6.07) is 17.5. The lowest BCUT2D eigenvalue weighted by Crippen LogP contribution is -2.35. The van der Waals surface area contributed by atoms with E-state index in [0.717, 1.165) is 5.56 Å². The third kappa shape index (κ3) is 4.35. The second-order valence-electron chi connectivity index (χ2n) is 8.37. The van der Waals surface area contributed by atoms with Crippen molar-refractivity contribution in [2.45, 2.75) is 24.3 Å². The largest absolute Gasteiger partial charge is 0.486 e. The number of hydrogen-bond acceptors (Lipinski definition) is 7. The summed E-state index contributed by atoms with van der Waals surface area (Å²) in [5.41, 5.74) is 1.95. The number of nitrogens with zero attached hydrogens (tertiary/aromatic N) is 1. The molecule has 0 aliphatic carbocycles. The van der Waals surface area contributed by atoms with E-state index in [4.69, 9.17) is 14.2 Å². The van der Waals surface area contributed by atoms with Crippen LogP contribution in [0.3, 0.4) is 0 Å². The summed E-state index contributed by atoms with van der Waals surface area (Å²) in [6.45, 7) is 2.18. The lowest BCUT2D eigenvalue weighted by Gasteiger charge is -2.24.